The third-order valence-corrected chi connectivity index (χ3v) is 2.13. The molecule has 0 aromatic carbocycles. The molecular weight excluding hydrogens is 116 g/mol. The molecule has 1 rings (SSSR count). The first-order valence-corrected chi connectivity index (χ1v) is 3.29. The van der Waals surface area contributed by atoms with Crippen molar-refractivity contribution in [2.45, 2.75) is 25.0 Å². The minimum atomic E-state index is -0.250. The van der Waals surface area contributed by atoms with Crippen molar-refractivity contribution in [3.05, 3.63) is 0 Å². The summed E-state index contributed by atoms with van der Waals surface area (Å²) in [4.78, 5) is 0. The maximum atomic E-state index is 5.85. The van der Waals surface area contributed by atoms with E-state index in [9.17, 15) is 0 Å². The molecule has 54 valence electrons. The molecule has 3 nitrogen and oxygen atoms in total. The first kappa shape index (κ1) is 6.99. The third-order valence-electron chi connectivity index (χ3n) is 2.13. The van der Waals surface area contributed by atoms with E-state index in [0.717, 1.165) is 13.0 Å². The minimum absolute atomic E-state index is 0.127. The van der Waals surface area contributed by atoms with Gasteiger partial charge in [-0.05, 0) is 13.3 Å². The Morgan fingerprint density at radius 2 is 2.44 bits per heavy atom. The van der Waals surface area contributed by atoms with Gasteiger partial charge in [-0.2, -0.15) is 0 Å². The van der Waals surface area contributed by atoms with E-state index < -0.39 is 0 Å². The highest BCUT2D eigenvalue weighted by Gasteiger charge is 2.35. The molecule has 0 bridgehead atoms. The lowest BCUT2D eigenvalue weighted by molar-refractivity contribution is 0.0977. The molecule has 0 radical (unpaired) electrons. The van der Waals surface area contributed by atoms with E-state index in [2.05, 4.69) is 0 Å². The molecule has 0 aromatic rings. The highest BCUT2D eigenvalue weighted by molar-refractivity contribution is 4.95. The van der Waals surface area contributed by atoms with Gasteiger partial charge in [0.15, 0.2) is 0 Å². The largest absolute Gasteiger partial charge is 0.376 e. The highest BCUT2D eigenvalue weighted by atomic mass is 16.5. The third kappa shape index (κ3) is 1.08. The van der Waals surface area contributed by atoms with Gasteiger partial charge in [-0.15, -0.1) is 0 Å². The summed E-state index contributed by atoms with van der Waals surface area (Å²) in [5.41, 5.74) is 11.1. The van der Waals surface area contributed by atoms with Crippen molar-refractivity contribution >= 4 is 0 Å². The van der Waals surface area contributed by atoms with Crippen molar-refractivity contribution in [1.29, 1.82) is 0 Å². The van der Waals surface area contributed by atoms with Crippen molar-refractivity contribution in [3.63, 3.8) is 0 Å². The topological polar surface area (TPSA) is 61.3 Å². The van der Waals surface area contributed by atoms with E-state index in [1.807, 2.05) is 6.92 Å². The Labute approximate surface area is 55.4 Å². The van der Waals surface area contributed by atoms with Gasteiger partial charge < -0.3 is 16.2 Å². The molecule has 0 saturated carbocycles. The Bertz CT molecular complexity index is 107. The quantitative estimate of drug-likeness (QED) is 0.500. The first-order valence-electron chi connectivity index (χ1n) is 3.29. The molecule has 2 unspecified atom stereocenters. The maximum absolute atomic E-state index is 5.85. The molecule has 1 heterocycles. The lowest BCUT2D eigenvalue weighted by atomic mass is 9.94. The fourth-order valence-electron chi connectivity index (χ4n) is 1.06. The standard InChI is InChI=1S/C6H14N2O/c1-5-6(8,4-7)2-3-9-5/h5H,2-4,7-8H2,1H3. The first-order chi connectivity index (χ1) is 4.19. The van der Waals surface area contributed by atoms with Crippen LogP contribution in [0, 0.1) is 0 Å². The van der Waals surface area contributed by atoms with E-state index in [0.29, 0.717) is 6.54 Å². The number of nitrogens with two attached hydrogens (primary N) is 2. The summed E-state index contributed by atoms with van der Waals surface area (Å²) in [6, 6.07) is 0. The van der Waals surface area contributed by atoms with Gasteiger partial charge in [-0.25, -0.2) is 0 Å². The average molecular weight is 130 g/mol. The minimum Gasteiger partial charge on any atom is -0.376 e. The smallest absolute Gasteiger partial charge is 0.0739 e. The average Bonchev–Trinajstić information content (AvgIpc) is 2.15. The zero-order chi connectivity index (χ0) is 6.91. The summed E-state index contributed by atoms with van der Waals surface area (Å²) in [5.74, 6) is 0. The van der Waals surface area contributed by atoms with Crippen LogP contribution in [0.4, 0.5) is 0 Å². The molecule has 4 N–H and O–H groups in total. The van der Waals surface area contributed by atoms with E-state index >= 15 is 0 Å². The number of hydrogen-bond donors (Lipinski definition) is 2. The van der Waals surface area contributed by atoms with Crippen LogP contribution in [0.1, 0.15) is 13.3 Å². The van der Waals surface area contributed by atoms with Gasteiger partial charge in [0.1, 0.15) is 0 Å². The summed E-state index contributed by atoms with van der Waals surface area (Å²) in [5, 5.41) is 0. The van der Waals surface area contributed by atoms with Gasteiger partial charge in [0.25, 0.3) is 0 Å². The predicted octanol–water partition coefficient (Wildman–Crippen LogP) is -0.549. The van der Waals surface area contributed by atoms with Crippen LogP contribution in [0.5, 0.6) is 0 Å². The zero-order valence-corrected chi connectivity index (χ0v) is 5.76. The van der Waals surface area contributed by atoms with Crippen molar-refractivity contribution in [1.82, 2.24) is 0 Å². The molecule has 1 saturated heterocycles. The number of hydrogen-bond acceptors (Lipinski definition) is 3. The maximum Gasteiger partial charge on any atom is 0.0739 e. The normalized spacial score (nSPS) is 43.7. The van der Waals surface area contributed by atoms with Crippen LogP contribution in [0.25, 0.3) is 0 Å². The van der Waals surface area contributed by atoms with Crippen molar-refractivity contribution < 1.29 is 4.74 Å². The van der Waals surface area contributed by atoms with Crippen LogP contribution < -0.4 is 11.5 Å². The van der Waals surface area contributed by atoms with E-state index in [4.69, 9.17) is 16.2 Å². The molecule has 9 heavy (non-hydrogen) atoms. The van der Waals surface area contributed by atoms with Gasteiger partial charge in [0.2, 0.25) is 0 Å². The van der Waals surface area contributed by atoms with Crippen LogP contribution in [-0.2, 0) is 4.74 Å². The second-order valence-corrected chi connectivity index (χ2v) is 2.70. The van der Waals surface area contributed by atoms with E-state index in [1.165, 1.54) is 0 Å². The molecule has 0 amide bonds. The highest BCUT2D eigenvalue weighted by Crippen LogP contribution is 2.21. The fraction of sp³-hybridized carbons (Fsp3) is 1.00. The Morgan fingerprint density at radius 1 is 1.78 bits per heavy atom. The Kier molecular flexibility index (Phi) is 1.75. The van der Waals surface area contributed by atoms with Crippen molar-refractivity contribution in [3.8, 4) is 0 Å². The monoisotopic (exact) mass is 130 g/mol. The SMILES string of the molecule is CC1OCCC1(N)CN. The summed E-state index contributed by atoms with van der Waals surface area (Å²) in [6.45, 7) is 3.25. The molecule has 3 heteroatoms. The Hall–Kier alpha value is -0.120. The second-order valence-electron chi connectivity index (χ2n) is 2.70. The van der Waals surface area contributed by atoms with Crippen LogP contribution in [0.15, 0.2) is 0 Å². The second kappa shape index (κ2) is 2.25. The molecule has 0 aromatic heterocycles. The summed E-state index contributed by atoms with van der Waals surface area (Å²) < 4.78 is 5.25. The Balaban J connectivity index is 2.56. The van der Waals surface area contributed by atoms with Crippen molar-refractivity contribution in [2.75, 3.05) is 13.2 Å². The van der Waals surface area contributed by atoms with Crippen LogP contribution in [0.2, 0.25) is 0 Å². The van der Waals surface area contributed by atoms with Gasteiger partial charge >= 0.3 is 0 Å². The van der Waals surface area contributed by atoms with Gasteiger partial charge in [-0.3, -0.25) is 0 Å². The van der Waals surface area contributed by atoms with E-state index in [-0.39, 0.29) is 11.6 Å². The number of rotatable bonds is 1. The molecule has 1 fully saturated rings. The summed E-state index contributed by atoms with van der Waals surface area (Å²) in [6.07, 6.45) is 1.02. The molecule has 0 spiro atoms. The molecule has 1 aliphatic heterocycles. The Morgan fingerprint density at radius 3 is 2.67 bits per heavy atom. The molecule has 0 aliphatic carbocycles. The molecule has 2 atom stereocenters. The number of ether oxygens (including phenoxy) is 1. The van der Waals surface area contributed by atoms with Gasteiger partial charge in [0.05, 0.1) is 11.6 Å². The lowest BCUT2D eigenvalue weighted by Gasteiger charge is -2.24. The summed E-state index contributed by atoms with van der Waals surface area (Å²) in [7, 11) is 0. The zero-order valence-electron chi connectivity index (χ0n) is 5.76. The van der Waals surface area contributed by atoms with E-state index in [1.54, 1.807) is 0 Å². The molecule has 1 aliphatic rings. The molecular formula is C6H14N2O. The van der Waals surface area contributed by atoms with Gasteiger partial charge in [-0.1, -0.05) is 0 Å². The summed E-state index contributed by atoms with van der Waals surface area (Å²) >= 11 is 0. The van der Waals surface area contributed by atoms with Crippen LogP contribution in [0.3, 0.4) is 0 Å². The fourth-order valence-corrected chi connectivity index (χ4v) is 1.06. The lowest BCUT2D eigenvalue weighted by Crippen LogP contribution is -2.52. The van der Waals surface area contributed by atoms with Crippen LogP contribution >= 0.6 is 0 Å². The van der Waals surface area contributed by atoms with Crippen LogP contribution in [-0.4, -0.2) is 24.8 Å². The van der Waals surface area contributed by atoms with Gasteiger partial charge in [0, 0.05) is 13.2 Å². The van der Waals surface area contributed by atoms with Crippen molar-refractivity contribution in [2.24, 2.45) is 11.5 Å². The predicted molar refractivity (Wildman–Crippen MR) is 36.0 cm³/mol.